The zero-order valence-corrected chi connectivity index (χ0v) is 13.0. The molecule has 0 saturated heterocycles. The Morgan fingerprint density at radius 2 is 1.83 bits per heavy atom. The van der Waals surface area contributed by atoms with Crippen LogP contribution in [0.25, 0.3) is 22.4 Å². The van der Waals surface area contributed by atoms with E-state index in [4.69, 9.17) is 19.2 Å². The smallest absolute Gasteiger partial charge is 0.163 e. The summed E-state index contributed by atoms with van der Waals surface area (Å²) in [5, 5.41) is 0. The number of nitrogens with zero attached hydrogens (tertiary/aromatic N) is 2. The Morgan fingerprint density at radius 3 is 2.57 bits per heavy atom. The first-order valence-corrected chi connectivity index (χ1v) is 7.71. The molecule has 1 aliphatic rings. The number of ether oxygens (including phenoxy) is 3. The second kappa shape index (κ2) is 5.93. The molecular weight excluding hydrogens is 292 g/mol. The minimum Gasteiger partial charge on any atom is -0.486 e. The minimum absolute atomic E-state index is 0.578. The lowest BCUT2D eigenvalue weighted by molar-refractivity contribution is 0.172. The lowest BCUT2D eigenvalue weighted by Gasteiger charge is -2.18. The highest BCUT2D eigenvalue weighted by atomic mass is 16.6. The Labute approximate surface area is 134 Å². The van der Waals surface area contributed by atoms with Gasteiger partial charge < -0.3 is 18.8 Å². The second-order valence-electron chi connectivity index (χ2n) is 5.43. The van der Waals surface area contributed by atoms with Crippen LogP contribution >= 0.6 is 0 Å². The highest BCUT2D eigenvalue weighted by molar-refractivity contribution is 5.84. The van der Waals surface area contributed by atoms with Gasteiger partial charge in [-0.05, 0) is 0 Å². The van der Waals surface area contributed by atoms with Crippen LogP contribution in [-0.4, -0.2) is 36.5 Å². The molecule has 0 spiro atoms. The first-order chi connectivity index (χ1) is 11.4. The fourth-order valence-electron chi connectivity index (χ4n) is 2.88. The van der Waals surface area contributed by atoms with Crippen molar-refractivity contribution < 1.29 is 14.2 Å². The summed E-state index contributed by atoms with van der Waals surface area (Å²) < 4.78 is 18.8. The zero-order valence-electron chi connectivity index (χ0n) is 13.0. The van der Waals surface area contributed by atoms with E-state index in [1.54, 1.807) is 7.11 Å². The van der Waals surface area contributed by atoms with Gasteiger partial charge in [0.15, 0.2) is 11.5 Å². The number of methoxy groups -OCH3 is 1. The molecule has 23 heavy (non-hydrogen) atoms. The number of aromatic nitrogens is 2. The summed E-state index contributed by atoms with van der Waals surface area (Å²) >= 11 is 0. The monoisotopic (exact) mass is 310 g/mol. The summed E-state index contributed by atoms with van der Waals surface area (Å²) in [5.74, 6) is 2.47. The summed E-state index contributed by atoms with van der Waals surface area (Å²) in [6.45, 7) is 2.52. The molecule has 118 valence electrons. The van der Waals surface area contributed by atoms with Crippen molar-refractivity contribution in [3.63, 3.8) is 0 Å². The van der Waals surface area contributed by atoms with Crippen molar-refractivity contribution >= 4 is 11.0 Å². The maximum absolute atomic E-state index is 5.71. The van der Waals surface area contributed by atoms with Gasteiger partial charge >= 0.3 is 0 Å². The fraction of sp³-hybridized carbons (Fsp3) is 0.278. The number of imidazole rings is 1. The summed E-state index contributed by atoms with van der Waals surface area (Å²) in [7, 11) is 1.71. The van der Waals surface area contributed by atoms with E-state index in [1.807, 2.05) is 30.3 Å². The van der Waals surface area contributed by atoms with E-state index >= 15 is 0 Å². The van der Waals surface area contributed by atoms with Crippen LogP contribution < -0.4 is 9.47 Å². The molecule has 1 aromatic heterocycles. The molecule has 0 saturated carbocycles. The van der Waals surface area contributed by atoms with Crippen molar-refractivity contribution in [1.82, 2.24) is 9.55 Å². The average molecular weight is 310 g/mol. The predicted molar refractivity (Wildman–Crippen MR) is 88.0 cm³/mol. The second-order valence-corrected chi connectivity index (χ2v) is 5.43. The van der Waals surface area contributed by atoms with Crippen molar-refractivity contribution in [2.45, 2.75) is 6.54 Å². The molecule has 4 rings (SSSR count). The minimum atomic E-state index is 0.578. The van der Waals surface area contributed by atoms with E-state index in [0.29, 0.717) is 19.8 Å². The van der Waals surface area contributed by atoms with Gasteiger partial charge in [0.05, 0.1) is 17.6 Å². The number of hydrogen-bond acceptors (Lipinski definition) is 4. The van der Waals surface area contributed by atoms with Crippen molar-refractivity contribution in [2.24, 2.45) is 0 Å². The van der Waals surface area contributed by atoms with Crippen LogP contribution in [0.15, 0.2) is 42.5 Å². The zero-order chi connectivity index (χ0) is 15.6. The van der Waals surface area contributed by atoms with E-state index in [1.165, 1.54) is 0 Å². The summed E-state index contributed by atoms with van der Waals surface area (Å²) in [6, 6.07) is 14.2. The third-order valence-corrected chi connectivity index (χ3v) is 3.96. The van der Waals surface area contributed by atoms with Gasteiger partial charge in [0.1, 0.15) is 19.0 Å². The Morgan fingerprint density at radius 1 is 1.09 bits per heavy atom. The van der Waals surface area contributed by atoms with Gasteiger partial charge in [-0.3, -0.25) is 0 Å². The Bertz CT molecular complexity index is 827. The van der Waals surface area contributed by atoms with E-state index < -0.39 is 0 Å². The van der Waals surface area contributed by atoms with Crippen LogP contribution in [0.5, 0.6) is 11.5 Å². The third-order valence-electron chi connectivity index (χ3n) is 3.96. The van der Waals surface area contributed by atoms with Crippen molar-refractivity contribution in [3.8, 4) is 22.9 Å². The molecule has 2 heterocycles. The molecule has 0 radical (unpaired) electrons. The van der Waals surface area contributed by atoms with E-state index in [2.05, 4.69) is 16.7 Å². The van der Waals surface area contributed by atoms with Crippen LogP contribution in [0.1, 0.15) is 0 Å². The summed E-state index contributed by atoms with van der Waals surface area (Å²) in [4.78, 5) is 4.82. The van der Waals surface area contributed by atoms with Gasteiger partial charge in [0, 0.05) is 31.4 Å². The van der Waals surface area contributed by atoms with E-state index in [-0.39, 0.29) is 0 Å². The maximum atomic E-state index is 5.71. The highest BCUT2D eigenvalue weighted by Gasteiger charge is 2.18. The molecule has 0 aliphatic carbocycles. The third kappa shape index (κ3) is 2.53. The predicted octanol–water partition coefficient (Wildman–Crippen LogP) is 3.12. The molecule has 5 nitrogen and oxygen atoms in total. The molecule has 0 atom stereocenters. The van der Waals surface area contributed by atoms with Crippen LogP contribution in [0.2, 0.25) is 0 Å². The van der Waals surface area contributed by atoms with Gasteiger partial charge in [-0.2, -0.15) is 0 Å². The molecule has 0 fully saturated rings. The molecule has 5 heteroatoms. The molecular formula is C18H18N2O3. The van der Waals surface area contributed by atoms with E-state index in [0.717, 1.165) is 40.5 Å². The largest absolute Gasteiger partial charge is 0.486 e. The van der Waals surface area contributed by atoms with E-state index in [9.17, 15) is 0 Å². The molecule has 0 amide bonds. The molecule has 0 bridgehead atoms. The van der Waals surface area contributed by atoms with Gasteiger partial charge in [0.2, 0.25) is 0 Å². The van der Waals surface area contributed by atoms with Crippen LogP contribution in [0.3, 0.4) is 0 Å². The van der Waals surface area contributed by atoms with Crippen molar-refractivity contribution in [3.05, 3.63) is 42.5 Å². The number of rotatable bonds is 4. The molecule has 0 unspecified atom stereocenters. The van der Waals surface area contributed by atoms with Crippen molar-refractivity contribution in [2.75, 3.05) is 26.9 Å². The molecule has 0 N–H and O–H groups in total. The molecule has 2 aromatic carbocycles. The average Bonchev–Trinajstić information content (AvgIpc) is 2.96. The molecule has 1 aliphatic heterocycles. The van der Waals surface area contributed by atoms with Gasteiger partial charge in [-0.1, -0.05) is 30.3 Å². The van der Waals surface area contributed by atoms with Crippen LogP contribution in [-0.2, 0) is 11.3 Å². The Balaban J connectivity index is 1.90. The molecule has 3 aromatic rings. The maximum Gasteiger partial charge on any atom is 0.163 e. The first-order valence-electron chi connectivity index (χ1n) is 7.71. The Kier molecular flexibility index (Phi) is 3.63. The highest BCUT2D eigenvalue weighted by Crippen LogP contribution is 2.36. The lowest BCUT2D eigenvalue weighted by Crippen LogP contribution is -2.15. The van der Waals surface area contributed by atoms with Gasteiger partial charge in [-0.15, -0.1) is 0 Å². The number of fused-ring (bicyclic) bond motifs is 2. The van der Waals surface area contributed by atoms with Gasteiger partial charge in [-0.25, -0.2) is 4.98 Å². The van der Waals surface area contributed by atoms with Gasteiger partial charge in [0.25, 0.3) is 0 Å². The Hall–Kier alpha value is -2.53. The van der Waals surface area contributed by atoms with Crippen molar-refractivity contribution in [1.29, 1.82) is 0 Å². The van der Waals surface area contributed by atoms with Crippen LogP contribution in [0, 0.1) is 0 Å². The first kappa shape index (κ1) is 14.1. The topological polar surface area (TPSA) is 45.5 Å². The quantitative estimate of drug-likeness (QED) is 0.743. The lowest BCUT2D eigenvalue weighted by atomic mass is 10.2. The summed E-state index contributed by atoms with van der Waals surface area (Å²) in [5.41, 5.74) is 3.02. The SMILES string of the molecule is COCCn1c(-c2ccccc2)nc2cc3c(cc21)OCCO3. The van der Waals surface area contributed by atoms with Crippen LogP contribution in [0.4, 0.5) is 0 Å². The number of benzene rings is 2. The normalized spacial score (nSPS) is 13.4. The fourth-order valence-corrected chi connectivity index (χ4v) is 2.88. The number of hydrogen-bond donors (Lipinski definition) is 0. The standard InChI is InChI=1S/C18H18N2O3/c1-21-8-7-20-15-12-17-16(22-9-10-23-17)11-14(15)19-18(20)13-5-3-2-4-6-13/h2-6,11-12H,7-10H2,1H3. The summed E-state index contributed by atoms with van der Waals surface area (Å²) in [6.07, 6.45) is 0.